The SMILES string of the molecule is N#Cc1ccc(NC(=O)N2CCN(c3ncnc4c3C=CC4)CC2)cc1. The Labute approximate surface area is 151 Å². The summed E-state index contributed by atoms with van der Waals surface area (Å²) in [5.74, 6) is 0.955. The summed E-state index contributed by atoms with van der Waals surface area (Å²) in [5, 5.41) is 11.7. The van der Waals surface area contributed by atoms with Gasteiger partial charge in [0.25, 0.3) is 0 Å². The molecule has 1 fully saturated rings. The Morgan fingerprint density at radius 1 is 1.12 bits per heavy atom. The summed E-state index contributed by atoms with van der Waals surface area (Å²) in [6.45, 7) is 2.73. The molecule has 7 heteroatoms. The van der Waals surface area contributed by atoms with Crippen molar-refractivity contribution in [3.8, 4) is 6.07 Å². The molecule has 7 nitrogen and oxygen atoms in total. The summed E-state index contributed by atoms with van der Waals surface area (Å²) >= 11 is 0. The maximum Gasteiger partial charge on any atom is 0.321 e. The number of fused-ring (bicyclic) bond motifs is 1. The zero-order valence-electron chi connectivity index (χ0n) is 14.2. The van der Waals surface area contributed by atoms with Gasteiger partial charge in [0.1, 0.15) is 12.1 Å². The summed E-state index contributed by atoms with van der Waals surface area (Å²) in [4.78, 5) is 25.2. The molecule has 1 aromatic carbocycles. The Morgan fingerprint density at radius 3 is 2.62 bits per heavy atom. The molecule has 2 amide bonds. The molecule has 1 aromatic heterocycles. The predicted molar refractivity (Wildman–Crippen MR) is 98.7 cm³/mol. The molecule has 26 heavy (non-hydrogen) atoms. The second-order valence-corrected chi connectivity index (χ2v) is 6.26. The Hall–Kier alpha value is -3.40. The molecular weight excluding hydrogens is 328 g/mol. The fraction of sp³-hybridized carbons (Fsp3) is 0.263. The number of benzene rings is 1. The Kier molecular flexibility index (Phi) is 4.23. The van der Waals surface area contributed by atoms with E-state index in [1.165, 1.54) is 0 Å². The molecule has 2 aliphatic rings. The van der Waals surface area contributed by atoms with E-state index in [0.717, 1.165) is 36.6 Å². The average Bonchev–Trinajstić information content (AvgIpc) is 3.17. The summed E-state index contributed by atoms with van der Waals surface area (Å²) in [5.41, 5.74) is 3.43. The van der Waals surface area contributed by atoms with E-state index in [-0.39, 0.29) is 6.03 Å². The van der Waals surface area contributed by atoms with Crippen LogP contribution >= 0.6 is 0 Å². The highest BCUT2D eigenvalue weighted by Crippen LogP contribution is 2.27. The average molecular weight is 346 g/mol. The number of aromatic nitrogens is 2. The minimum absolute atomic E-state index is 0.123. The van der Waals surface area contributed by atoms with Gasteiger partial charge in [0.15, 0.2) is 0 Å². The van der Waals surface area contributed by atoms with Crippen LogP contribution in [0.1, 0.15) is 16.8 Å². The van der Waals surface area contributed by atoms with Crippen LogP contribution in [-0.4, -0.2) is 47.1 Å². The van der Waals surface area contributed by atoms with E-state index in [2.05, 4.69) is 38.4 Å². The zero-order valence-corrected chi connectivity index (χ0v) is 14.2. The number of nitrogens with zero attached hydrogens (tertiary/aromatic N) is 5. The first-order valence-corrected chi connectivity index (χ1v) is 8.56. The second-order valence-electron chi connectivity index (χ2n) is 6.26. The largest absolute Gasteiger partial charge is 0.352 e. The molecule has 0 radical (unpaired) electrons. The molecule has 1 aliphatic carbocycles. The van der Waals surface area contributed by atoms with Crippen LogP contribution in [0.5, 0.6) is 0 Å². The van der Waals surface area contributed by atoms with E-state index < -0.39 is 0 Å². The first-order chi connectivity index (χ1) is 12.7. The molecule has 1 saturated heterocycles. The van der Waals surface area contributed by atoms with Crippen molar-refractivity contribution in [2.24, 2.45) is 0 Å². The van der Waals surface area contributed by atoms with Gasteiger partial charge in [-0.25, -0.2) is 14.8 Å². The fourth-order valence-corrected chi connectivity index (χ4v) is 3.25. The van der Waals surface area contributed by atoms with Gasteiger partial charge in [-0.15, -0.1) is 0 Å². The normalized spacial score (nSPS) is 15.5. The van der Waals surface area contributed by atoms with Crippen molar-refractivity contribution in [2.75, 3.05) is 36.4 Å². The molecule has 1 aliphatic heterocycles. The van der Waals surface area contributed by atoms with Crippen LogP contribution in [0.2, 0.25) is 0 Å². The number of piperazine rings is 1. The van der Waals surface area contributed by atoms with Gasteiger partial charge in [-0.2, -0.15) is 5.26 Å². The molecule has 0 unspecified atom stereocenters. The van der Waals surface area contributed by atoms with Crippen molar-refractivity contribution < 1.29 is 4.79 Å². The van der Waals surface area contributed by atoms with Crippen LogP contribution in [0.15, 0.2) is 36.7 Å². The summed E-state index contributed by atoms with van der Waals surface area (Å²) in [7, 11) is 0. The lowest BCUT2D eigenvalue weighted by molar-refractivity contribution is 0.208. The summed E-state index contributed by atoms with van der Waals surface area (Å²) in [6.07, 6.45) is 6.65. The second kappa shape index (κ2) is 6.84. The minimum Gasteiger partial charge on any atom is -0.352 e. The summed E-state index contributed by atoms with van der Waals surface area (Å²) < 4.78 is 0. The van der Waals surface area contributed by atoms with E-state index in [1.807, 2.05) is 0 Å². The number of allylic oxidation sites excluding steroid dienone is 1. The van der Waals surface area contributed by atoms with Crippen LogP contribution in [0, 0.1) is 11.3 Å². The van der Waals surface area contributed by atoms with Crippen molar-refractivity contribution in [3.05, 3.63) is 53.5 Å². The number of hydrogen-bond acceptors (Lipinski definition) is 5. The van der Waals surface area contributed by atoms with Crippen LogP contribution < -0.4 is 10.2 Å². The molecule has 0 saturated carbocycles. The standard InChI is InChI=1S/C19H18N6O/c20-12-14-4-6-15(7-5-14)23-19(26)25-10-8-24(9-11-25)18-16-2-1-3-17(16)21-13-22-18/h1-2,4-7,13H,3,8-11H2,(H,23,26). The van der Waals surface area contributed by atoms with Crippen LogP contribution in [0.3, 0.4) is 0 Å². The lowest BCUT2D eigenvalue weighted by Gasteiger charge is -2.35. The molecular formula is C19H18N6O. The van der Waals surface area contributed by atoms with Gasteiger partial charge in [-0.3, -0.25) is 0 Å². The lowest BCUT2D eigenvalue weighted by atomic mass is 10.2. The number of nitrogens with one attached hydrogen (secondary N) is 1. The van der Waals surface area contributed by atoms with Gasteiger partial charge in [-0.05, 0) is 24.3 Å². The van der Waals surface area contributed by atoms with Crippen LogP contribution in [-0.2, 0) is 6.42 Å². The third-order valence-corrected chi connectivity index (χ3v) is 4.67. The van der Waals surface area contributed by atoms with Crippen molar-refractivity contribution in [2.45, 2.75) is 6.42 Å². The first kappa shape index (κ1) is 16.1. The minimum atomic E-state index is -0.123. The Balaban J connectivity index is 1.37. The van der Waals surface area contributed by atoms with E-state index in [0.29, 0.717) is 24.3 Å². The third-order valence-electron chi connectivity index (χ3n) is 4.67. The Morgan fingerprint density at radius 2 is 1.88 bits per heavy atom. The number of nitriles is 1. The van der Waals surface area contributed by atoms with Gasteiger partial charge in [0.05, 0.1) is 17.3 Å². The molecule has 4 rings (SSSR count). The van der Waals surface area contributed by atoms with Crippen molar-refractivity contribution in [3.63, 3.8) is 0 Å². The van der Waals surface area contributed by atoms with Gasteiger partial charge in [0, 0.05) is 43.9 Å². The van der Waals surface area contributed by atoms with Crippen molar-refractivity contribution in [1.29, 1.82) is 5.26 Å². The van der Waals surface area contributed by atoms with E-state index >= 15 is 0 Å². The maximum absolute atomic E-state index is 12.4. The van der Waals surface area contributed by atoms with Gasteiger partial charge >= 0.3 is 6.03 Å². The van der Waals surface area contributed by atoms with Crippen LogP contribution in [0.25, 0.3) is 6.08 Å². The van der Waals surface area contributed by atoms with E-state index in [9.17, 15) is 4.79 Å². The first-order valence-electron chi connectivity index (χ1n) is 8.56. The summed E-state index contributed by atoms with van der Waals surface area (Å²) in [6, 6.07) is 8.80. The van der Waals surface area contributed by atoms with Crippen LogP contribution in [0.4, 0.5) is 16.3 Å². The number of hydrogen-bond donors (Lipinski definition) is 1. The fourth-order valence-electron chi connectivity index (χ4n) is 3.25. The quantitative estimate of drug-likeness (QED) is 0.902. The van der Waals surface area contributed by atoms with Crippen molar-refractivity contribution in [1.82, 2.24) is 14.9 Å². The Bertz CT molecular complexity index is 891. The lowest BCUT2D eigenvalue weighted by Crippen LogP contribution is -2.50. The maximum atomic E-state index is 12.4. The van der Waals surface area contributed by atoms with Gasteiger partial charge in [0.2, 0.25) is 0 Å². The molecule has 2 aromatic rings. The monoisotopic (exact) mass is 346 g/mol. The number of carbonyl (C=O) groups is 1. The molecule has 130 valence electrons. The predicted octanol–water partition coefficient (Wildman–Crippen LogP) is 2.27. The number of amides is 2. The molecule has 0 bridgehead atoms. The smallest absolute Gasteiger partial charge is 0.321 e. The van der Waals surface area contributed by atoms with Crippen molar-refractivity contribution >= 4 is 23.6 Å². The zero-order chi connectivity index (χ0) is 17.9. The van der Waals surface area contributed by atoms with E-state index in [1.54, 1.807) is 35.5 Å². The topological polar surface area (TPSA) is 85.2 Å². The number of rotatable bonds is 2. The highest BCUT2D eigenvalue weighted by Gasteiger charge is 2.24. The highest BCUT2D eigenvalue weighted by molar-refractivity contribution is 5.89. The number of urea groups is 1. The van der Waals surface area contributed by atoms with Gasteiger partial charge in [-0.1, -0.05) is 12.2 Å². The third kappa shape index (κ3) is 3.09. The highest BCUT2D eigenvalue weighted by atomic mass is 16.2. The molecule has 2 heterocycles. The number of anilines is 2. The number of carbonyl (C=O) groups excluding carboxylic acids is 1. The molecule has 0 atom stereocenters. The van der Waals surface area contributed by atoms with Gasteiger partial charge < -0.3 is 15.1 Å². The molecule has 0 spiro atoms. The van der Waals surface area contributed by atoms with E-state index in [4.69, 9.17) is 5.26 Å². The molecule has 1 N–H and O–H groups in total.